The van der Waals surface area contributed by atoms with Gasteiger partial charge >= 0.3 is 0 Å². The number of benzene rings is 3. The van der Waals surface area contributed by atoms with Crippen molar-refractivity contribution >= 4 is 0 Å². The summed E-state index contributed by atoms with van der Waals surface area (Å²) in [4.78, 5) is 0. The number of fused-ring (bicyclic) bond motifs is 3. The fourth-order valence-electron chi connectivity index (χ4n) is 3.75. The van der Waals surface area contributed by atoms with Gasteiger partial charge in [-0.3, -0.25) is 0 Å². The van der Waals surface area contributed by atoms with Gasteiger partial charge in [-0.2, -0.15) is 0 Å². The Morgan fingerprint density at radius 3 is 2.26 bits per heavy atom. The minimum atomic E-state index is 1.11. The molecule has 0 aromatic heterocycles. The van der Waals surface area contributed by atoms with E-state index in [4.69, 9.17) is 0 Å². The summed E-state index contributed by atoms with van der Waals surface area (Å²) in [5.41, 5.74) is 8.95. The van der Waals surface area contributed by atoms with Gasteiger partial charge < -0.3 is 0 Å². The number of aryl methyl sites for hydroxylation is 2. The van der Waals surface area contributed by atoms with E-state index in [0.29, 0.717) is 0 Å². The van der Waals surface area contributed by atoms with Crippen LogP contribution in [0.25, 0.3) is 11.1 Å². The van der Waals surface area contributed by atoms with E-state index in [1.807, 2.05) is 0 Å². The Bertz CT molecular complexity index is 799. The number of unbranched alkanes of at least 4 members (excludes halogenated alkanes) is 1. The molecule has 0 saturated heterocycles. The highest BCUT2D eigenvalue weighted by molar-refractivity contribution is 5.77. The molecule has 0 spiro atoms. The van der Waals surface area contributed by atoms with Crippen molar-refractivity contribution in [3.63, 3.8) is 0 Å². The zero-order chi connectivity index (χ0) is 15.5. The van der Waals surface area contributed by atoms with Crippen molar-refractivity contribution in [3.8, 4) is 11.1 Å². The maximum Gasteiger partial charge on any atom is -0.00107 e. The molecular weight excluding hydrogens is 276 g/mol. The highest BCUT2D eigenvalue weighted by Crippen LogP contribution is 2.38. The summed E-state index contributed by atoms with van der Waals surface area (Å²) in [6.07, 6.45) is 6.03. The van der Waals surface area contributed by atoms with Gasteiger partial charge in [0.2, 0.25) is 0 Å². The summed E-state index contributed by atoms with van der Waals surface area (Å²) in [5, 5.41) is 0. The summed E-state index contributed by atoms with van der Waals surface area (Å²) in [6, 6.07) is 26.5. The molecule has 0 nitrogen and oxygen atoms in total. The number of hydrogen-bond acceptors (Lipinski definition) is 0. The van der Waals surface area contributed by atoms with Crippen molar-refractivity contribution < 1.29 is 0 Å². The maximum atomic E-state index is 2.33. The average Bonchev–Trinajstić information content (AvgIpc) is 2.99. The third-order valence-electron chi connectivity index (χ3n) is 4.95. The number of rotatable bonds is 5. The van der Waals surface area contributed by atoms with Crippen molar-refractivity contribution in [1.29, 1.82) is 0 Å². The lowest BCUT2D eigenvalue weighted by Crippen LogP contribution is -1.94. The fraction of sp³-hybridized carbons (Fsp3) is 0.217. The van der Waals surface area contributed by atoms with E-state index in [-0.39, 0.29) is 0 Å². The summed E-state index contributed by atoms with van der Waals surface area (Å²) < 4.78 is 0. The average molecular weight is 298 g/mol. The molecule has 3 aromatic carbocycles. The van der Waals surface area contributed by atoms with Crippen molar-refractivity contribution in [2.75, 3.05) is 0 Å². The first-order valence-corrected chi connectivity index (χ1v) is 8.65. The van der Waals surface area contributed by atoms with Gasteiger partial charge in [0.05, 0.1) is 0 Å². The molecular formula is C23H22. The van der Waals surface area contributed by atoms with Crippen molar-refractivity contribution in [2.45, 2.75) is 32.1 Å². The molecule has 0 radical (unpaired) electrons. The lowest BCUT2D eigenvalue weighted by atomic mass is 9.96. The maximum absolute atomic E-state index is 2.33. The van der Waals surface area contributed by atoms with E-state index in [2.05, 4.69) is 72.8 Å². The normalized spacial score (nSPS) is 12.0. The van der Waals surface area contributed by atoms with Gasteiger partial charge in [0.1, 0.15) is 0 Å². The Balaban J connectivity index is 1.43. The molecule has 23 heavy (non-hydrogen) atoms. The zero-order valence-corrected chi connectivity index (χ0v) is 13.5. The molecule has 3 aromatic rings. The number of hydrogen-bond donors (Lipinski definition) is 0. The van der Waals surface area contributed by atoms with E-state index in [1.54, 1.807) is 11.1 Å². The first-order valence-electron chi connectivity index (χ1n) is 8.65. The molecule has 0 amide bonds. The zero-order valence-electron chi connectivity index (χ0n) is 13.5. The van der Waals surface area contributed by atoms with Crippen LogP contribution in [0.4, 0.5) is 0 Å². The minimum absolute atomic E-state index is 1.11. The Morgan fingerprint density at radius 2 is 1.35 bits per heavy atom. The molecule has 0 N–H and O–H groups in total. The third kappa shape index (κ3) is 2.94. The second-order valence-corrected chi connectivity index (χ2v) is 6.47. The molecule has 1 aliphatic rings. The fourth-order valence-corrected chi connectivity index (χ4v) is 3.75. The predicted octanol–water partition coefficient (Wildman–Crippen LogP) is 5.82. The quantitative estimate of drug-likeness (QED) is 0.407. The van der Waals surface area contributed by atoms with E-state index in [1.165, 1.54) is 47.9 Å². The highest BCUT2D eigenvalue weighted by atomic mass is 14.2. The smallest absolute Gasteiger partial charge is 0.00107 e. The van der Waals surface area contributed by atoms with Crippen LogP contribution in [0.3, 0.4) is 0 Å². The Hall–Kier alpha value is -2.34. The second kappa shape index (κ2) is 6.42. The molecule has 0 fully saturated rings. The van der Waals surface area contributed by atoms with Gasteiger partial charge in [-0.25, -0.2) is 0 Å². The monoisotopic (exact) mass is 298 g/mol. The molecule has 0 saturated carbocycles. The van der Waals surface area contributed by atoms with Crippen LogP contribution in [-0.4, -0.2) is 0 Å². The SMILES string of the molecule is c1ccc(CCCCc2cccc3c2Cc2ccccc2-3)cc1. The van der Waals surface area contributed by atoms with Gasteiger partial charge in [-0.05, 0) is 65.5 Å². The van der Waals surface area contributed by atoms with Crippen LogP contribution in [0.1, 0.15) is 35.1 Å². The van der Waals surface area contributed by atoms with E-state index < -0.39 is 0 Å². The molecule has 0 atom stereocenters. The van der Waals surface area contributed by atoms with Crippen molar-refractivity contribution in [1.82, 2.24) is 0 Å². The Labute approximate surface area is 138 Å². The van der Waals surface area contributed by atoms with Crippen LogP contribution < -0.4 is 0 Å². The topological polar surface area (TPSA) is 0 Å². The van der Waals surface area contributed by atoms with Gasteiger partial charge in [-0.1, -0.05) is 72.8 Å². The summed E-state index contributed by atoms with van der Waals surface area (Å²) >= 11 is 0. The summed E-state index contributed by atoms with van der Waals surface area (Å²) in [6.45, 7) is 0. The molecule has 0 unspecified atom stereocenters. The van der Waals surface area contributed by atoms with Crippen molar-refractivity contribution in [2.24, 2.45) is 0 Å². The highest BCUT2D eigenvalue weighted by Gasteiger charge is 2.19. The first kappa shape index (κ1) is 14.3. The minimum Gasteiger partial charge on any atom is -0.0622 e. The van der Waals surface area contributed by atoms with Gasteiger partial charge in [0, 0.05) is 0 Å². The van der Waals surface area contributed by atoms with Crippen LogP contribution in [0, 0.1) is 0 Å². The van der Waals surface area contributed by atoms with Crippen LogP contribution in [0.15, 0.2) is 72.8 Å². The third-order valence-corrected chi connectivity index (χ3v) is 4.95. The van der Waals surface area contributed by atoms with Gasteiger partial charge in [-0.15, -0.1) is 0 Å². The standard InChI is InChI=1S/C23H22/c1-2-9-18(10-3-1)11-4-5-12-19-14-8-16-22-21-15-7-6-13-20(21)17-23(19)22/h1-3,6-10,13-16H,4-5,11-12,17H2. The lowest BCUT2D eigenvalue weighted by molar-refractivity contribution is 0.731. The molecule has 1 aliphatic carbocycles. The van der Waals surface area contributed by atoms with E-state index in [0.717, 1.165) is 6.42 Å². The van der Waals surface area contributed by atoms with E-state index in [9.17, 15) is 0 Å². The van der Waals surface area contributed by atoms with Gasteiger partial charge in [0.15, 0.2) is 0 Å². The molecule has 0 heterocycles. The molecule has 0 aliphatic heterocycles. The van der Waals surface area contributed by atoms with Crippen molar-refractivity contribution in [3.05, 3.63) is 95.1 Å². The Morgan fingerprint density at radius 1 is 0.609 bits per heavy atom. The first-order chi connectivity index (χ1) is 11.4. The predicted molar refractivity (Wildman–Crippen MR) is 97.8 cm³/mol. The summed E-state index contributed by atoms with van der Waals surface area (Å²) in [7, 11) is 0. The molecule has 4 rings (SSSR count). The van der Waals surface area contributed by atoms with Crippen LogP contribution in [0.5, 0.6) is 0 Å². The van der Waals surface area contributed by atoms with Gasteiger partial charge in [0.25, 0.3) is 0 Å². The lowest BCUT2D eigenvalue weighted by Gasteiger charge is -2.08. The molecule has 0 heteroatoms. The van der Waals surface area contributed by atoms with E-state index >= 15 is 0 Å². The second-order valence-electron chi connectivity index (χ2n) is 6.47. The van der Waals surface area contributed by atoms with Crippen LogP contribution in [-0.2, 0) is 19.3 Å². The largest absolute Gasteiger partial charge is 0.0622 e. The van der Waals surface area contributed by atoms with Crippen LogP contribution >= 0.6 is 0 Å². The van der Waals surface area contributed by atoms with Crippen LogP contribution in [0.2, 0.25) is 0 Å². The molecule has 0 bridgehead atoms. The summed E-state index contributed by atoms with van der Waals surface area (Å²) in [5.74, 6) is 0. The molecule has 114 valence electrons. The Kier molecular flexibility index (Phi) is 3.98.